The number of amides is 1. The van der Waals surface area contributed by atoms with Gasteiger partial charge in [0.15, 0.2) is 3.95 Å². The maximum atomic E-state index is 12.4. The molecule has 1 aliphatic rings. The molecule has 0 atom stereocenters. The normalized spacial score (nSPS) is 14.3. The van der Waals surface area contributed by atoms with Crippen LogP contribution in [0.2, 0.25) is 0 Å². The zero-order valence-electron chi connectivity index (χ0n) is 14.6. The number of methoxy groups -OCH3 is 1. The first kappa shape index (κ1) is 18.1. The summed E-state index contributed by atoms with van der Waals surface area (Å²) in [4.78, 5) is 17.0. The van der Waals surface area contributed by atoms with Crippen LogP contribution in [-0.4, -0.2) is 27.8 Å². The number of rotatable bonds is 3. The number of ether oxygens (including phenoxy) is 1. The second-order valence-electron chi connectivity index (χ2n) is 5.99. The Morgan fingerprint density at radius 1 is 1.18 bits per heavy atom. The number of fused-ring (bicyclic) bond motifs is 1. The highest BCUT2D eigenvalue weighted by Gasteiger charge is 2.16. The first-order valence-corrected chi connectivity index (χ1v) is 9.43. The number of thiazole rings is 1. The number of hydrogen-bond donors (Lipinski definition) is 2. The average molecular weight is 410 g/mol. The molecule has 6 nitrogen and oxygen atoms in total. The fourth-order valence-corrected chi connectivity index (χ4v) is 4.12. The van der Waals surface area contributed by atoms with Gasteiger partial charge in [0.1, 0.15) is 11.5 Å². The molecular weight excluding hydrogens is 396 g/mol. The highest BCUT2D eigenvalue weighted by atomic mass is 32.1. The molecule has 0 aliphatic carbocycles. The third kappa shape index (κ3) is 3.23. The molecule has 3 aromatic rings. The van der Waals surface area contributed by atoms with Crippen molar-refractivity contribution in [2.45, 2.75) is 0 Å². The SMILES string of the molecule is COc1ccc2c(c1)=NC(=O)/C(=C\c1sc(=S)n(-c3ccc(O)cc3)c1O)C=2. The molecule has 2 aromatic carbocycles. The second-order valence-corrected chi connectivity index (χ2v) is 7.67. The summed E-state index contributed by atoms with van der Waals surface area (Å²) in [5, 5.41) is 21.4. The van der Waals surface area contributed by atoms with Crippen molar-refractivity contribution in [2.24, 2.45) is 4.99 Å². The Morgan fingerprint density at radius 3 is 2.64 bits per heavy atom. The van der Waals surface area contributed by atoms with Gasteiger partial charge in [-0.2, -0.15) is 0 Å². The standard InChI is InChI=1S/C20H14N2O4S2/c1-26-15-7-2-11-8-12(18(24)21-16(11)10-15)9-17-19(25)22(20(27)28-17)13-3-5-14(23)6-4-13/h2-10,23,25H,1H3/b12-9-. The Balaban J connectivity index is 1.80. The largest absolute Gasteiger partial charge is 0.508 e. The molecule has 28 heavy (non-hydrogen) atoms. The van der Waals surface area contributed by atoms with Crippen molar-refractivity contribution < 1.29 is 19.7 Å². The van der Waals surface area contributed by atoms with Crippen LogP contribution in [0.25, 0.3) is 17.8 Å². The minimum Gasteiger partial charge on any atom is -0.508 e. The monoisotopic (exact) mass is 410 g/mol. The lowest BCUT2D eigenvalue weighted by Gasteiger charge is -2.06. The van der Waals surface area contributed by atoms with Gasteiger partial charge in [-0.15, -0.1) is 11.3 Å². The molecule has 1 amide bonds. The molecule has 1 aromatic heterocycles. The highest BCUT2D eigenvalue weighted by Crippen LogP contribution is 2.32. The molecule has 140 valence electrons. The minimum atomic E-state index is -0.407. The zero-order valence-corrected chi connectivity index (χ0v) is 16.3. The minimum absolute atomic E-state index is 0.0742. The molecule has 0 fully saturated rings. The van der Waals surface area contributed by atoms with Crippen molar-refractivity contribution in [1.82, 2.24) is 4.57 Å². The average Bonchev–Trinajstić information content (AvgIpc) is 2.96. The van der Waals surface area contributed by atoms with Gasteiger partial charge in [0.25, 0.3) is 5.91 Å². The number of nitrogens with zero attached hydrogens (tertiary/aromatic N) is 2. The van der Waals surface area contributed by atoms with Gasteiger partial charge in [-0.3, -0.25) is 9.36 Å². The van der Waals surface area contributed by atoms with Gasteiger partial charge in [0, 0.05) is 16.9 Å². The van der Waals surface area contributed by atoms with Crippen molar-refractivity contribution in [1.29, 1.82) is 0 Å². The molecule has 0 unspecified atom stereocenters. The Labute approximate surface area is 168 Å². The van der Waals surface area contributed by atoms with Gasteiger partial charge in [0.2, 0.25) is 5.88 Å². The van der Waals surface area contributed by atoms with E-state index in [-0.39, 0.29) is 11.6 Å². The quantitative estimate of drug-likeness (QED) is 0.512. The molecule has 4 rings (SSSR count). The Bertz CT molecular complexity index is 1300. The van der Waals surface area contributed by atoms with Crippen molar-refractivity contribution >= 4 is 41.6 Å². The first-order chi connectivity index (χ1) is 13.5. The molecule has 2 N–H and O–H groups in total. The van der Waals surface area contributed by atoms with Crippen LogP contribution in [0.3, 0.4) is 0 Å². The predicted molar refractivity (Wildman–Crippen MR) is 109 cm³/mol. The zero-order chi connectivity index (χ0) is 19.8. The highest BCUT2D eigenvalue weighted by molar-refractivity contribution is 7.73. The number of carbonyl (C=O) groups is 1. The molecule has 0 radical (unpaired) electrons. The van der Waals surface area contributed by atoms with E-state index in [4.69, 9.17) is 17.0 Å². The molecule has 2 heterocycles. The van der Waals surface area contributed by atoms with Crippen molar-refractivity contribution in [3.05, 3.63) is 67.4 Å². The topological polar surface area (TPSA) is 84.0 Å². The van der Waals surface area contributed by atoms with E-state index in [9.17, 15) is 15.0 Å². The van der Waals surface area contributed by atoms with E-state index >= 15 is 0 Å². The maximum absolute atomic E-state index is 12.4. The summed E-state index contributed by atoms with van der Waals surface area (Å²) in [7, 11) is 1.55. The van der Waals surface area contributed by atoms with Crippen LogP contribution in [-0.2, 0) is 4.79 Å². The van der Waals surface area contributed by atoms with E-state index in [1.807, 2.05) is 6.07 Å². The van der Waals surface area contributed by atoms with E-state index in [0.29, 0.717) is 31.2 Å². The number of aromatic nitrogens is 1. The van der Waals surface area contributed by atoms with E-state index < -0.39 is 5.91 Å². The van der Waals surface area contributed by atoms with Gasteiger partial charge < -0.3 is 14.9 Å². The third-order valence-corrected chi connectivity index (χ3v) is 5.53. The first-order valence-electron chi connectivity index (χ1n) is 8.21. The summed E-state index contributed by atoms with van der Waals surface area (Å²) in [6, 6.07) is 11.6. The Hall–Kier alpha value is -3.23. The fourth-order valence-electron chi connectivity index (χ4n) is 2.82. The molecule has 1 aliphatic heterocycles. The second kappa shape index (κ2) is 7.06. The van der Waals surface area contributed by atoms with Crippen LogP contribution in [0.5, 0.6) is 17.4 Å². The molecule has 0 saturated heterocycles. The van der Waals surface area contributed by atoms with Crippen LogP contribution in [0.1, 0.15) is 4.88 Å². The molecular formula is C20H14N2O4S2. The molecule has 8 heteroatoms. The lowest BCUT2D eigenvalue weighted by atomic mass is 10.1. The number of phenols is 1. The number of benzene rings is 2. The van der Waals surface area contributed by atoms with Crippen LogP contribution < -0.4 is 15.3 Å². The summed E-state index contributed by atoms with van der Waals surface area (Å²) in [6.45, 7) is 0. The molecule has 0 spiro atoms. The van der Waals surface area contributed by atoms with Gasteiger partial charge in [-0.25, -0.2) is 4.99 Å². The smallest absolute Gasteiger partial charge is 0.277 e. The van der Waals surface area contributed by atoms with Crippen LogP contribution in [0.4, 0.5) is 0 Å². The fraction of sp³-hybridized carbons (Fsp3) is 0.0500. The summed E-state index contributed by atoms with van der Waals surface area (Å²) in [5.74, 6) is 0.259. The van der Waals surface area contributed by atoms with E-state index in [0.717, 1.165) is 5.22 Å². The van der Waals surface area contributed by atoms with Gasteiger partial charge in [-0.1, -0.05) is 0 Å². The van der Waals surface area contributed by atoms with Crippen molar-refractivity contribution in [2.75, 3.05) is 7.11 Å². The summed E-state index contributed by atoms with van der Waals surface area (Å²) >= 11 is 6.54. The molecule has 0 saturated carbocycles. The predicted octanol–water partition coefficient (Wildman–Crippen LogP) is 2.71. The van der Waals surface area contributed by atoms with Gasteiger partial charge >= 0.3 is 0 Å². The van der Waals surface area contributed by atoms with E-state index in [2.05, 4.69) is 4.99 Å². The number of aromatic hydroxyl groups is 2. The Kier molecular flexibility index (Phi) is 4.58. The Morgan fingerprint density at radius 2 is 1.93 bits per heavy atom. The summed E-state index contributed by atoms with van der Waals surface area (Å²) in [6.07, 6.45) is 3.29. The lowest BCUT2D eigenvalue weighted by molar-refractivity contribution is -0.114. The third-order valence-electron chi connectivity index (χ3n) is 4.22. The van der Waals surface area contributed by atoms with Crippen LogP contribution >= 0.6 is 23.6 Å². The van der Waals surface area contributed by atoms with Crippen molar-refractivity contribution in [3.63, 3.8) is 0 Å². The number of hydrogen-bond acceptors (Lipinski definition) is 6. The van der Waals surface area contributed by atoms with E-state index in [1.54, 1.807) is 43.5 Å². The van der Waals surface area contributed by atoms with Crippen LogP contribution in [0, 0.1) is 3.95 Å². The van der Waals surface area contributed by atoms with Crippen molar-refractivity contribution in [3.8, 4) is 23.1 Å². The van der Waals surface area contributed by atoms with Gasteiger partial charge in [-0.05, 0) is 60.8 Å². The van der Waals surface area contributed by atoms with E-state index in [1.165, 1.54) is 28.0 Å². The summed E-state index contributed by atoms with van der Waals surface area (Å²) in [5.41, 5.74) is 0.962. The number of phenolic OH excluding ortho intramolecular Hbond substituents is 1. The summed E-state index contributed by atoms with van der Waals surface area (Å²) < 4.78 is 7.06. The number of carbonyl (C=O) groups excluding carboxylic acids is 1. The van der Waals surface area contributed by atoms with Gasteiger partial charge in [0.05, 0.1) is 23.0 Å². The molecule has 0 bridgehead atoms. The maximum Gasteiger partial charge on any atom is 0.277 e. The van der Waals surface area contributed by atoms with Crippen LogP contribution in [0.15, 0.2) is 53.0 Å². The lowest BCUT2D eigenvalue weighted by Crippen LogP contribution is -2.30.